The van der Waals surface area contributed by atoms with Gasteiger partial charge in [0, 0.05) is 0 Å². The number of rotatable bonds is 4. The molecule has 0 fully saturated rings. The summed E-state index contributed by atoms with van der Waals surface area (Å²) in [7, 11) is 0. The minimum atomic E-state index is -0.946. The third kappa shape index (κ3) is 2.06. The van der Waals surface area contributed by atoms with Gasteiger partial charge in [0.2, 0.25) is 0 Å². The van der Waals surface area contributed by atoms with E-state index in [1.54, 1.807) is 12.1 Å². The second-order valence-corrected chi connectivity index (χ2v) is 5.40. The maximum atomic E-state index is 12.2. The van der Waals surface area contributed by atoms with Gasteiger partial charge in [0.15, 0.2) is 0 Å². The first-order chi connectivity index (χ1) is 8.56. The van der Waals surface area contributed by atoms with E-state index in [2.05, 4.69) is 0 Å². The number of benzene rings is 1. The van der Waals surface area contributed by atoms with Crippen LogP contribution in [0.3, 0.4) is 0 Å². The van der Waals surface area contributed by atoms with Gasteiger partial charge in [0.1, 0.15) is 6.04 Å². The number of hydrogen-bond donors (Lipinski definition) is 1. The monoisotopic (exact) mass is 265 g/mol. The fourth-order valence-electron chi connectivity index (χ4n) is 1.97. The van der Waals surface area contributed by atoms with Crippen molar-refractivity contribution in [2.45, 2.75) is 26.3 Å². The van der Waals surface area contributed by atoms with E-state index in [1.165, 1.54) is 15.5 Å². The summed E-state index contributed by atoms with van der Waals surface area (Å²) >= 11 is 1.23. The van der Waals surface area contributed by atoms with Crippen molar-refractivity contribution in [1.29, 1.82) is 0 Å². The highest BCUT2D eigenvalue weighted by atomic mass is 32.1. The van der Waals surface area contributed by atoms with E-state index in [0.29, 0.717) is 5.39 Å². The van der Waals surface area contributed by atoms with Crippen molar-refractivity contribution >= 4 is 27.6 Å². The Labute approximate surface area is 109 Å². The van der Waals surface area contributed by atoms with Crippen LogP contribution in [0.2, 0.25) is 0 Å². The molecule has 0 aliphatic rings. The molecular formula is C13H15NO3S. The Kier molecular flexibility index (Phi) is 3.52. The van der Waals surface area contributed by atoms with Crippen LogP contribution in [-0.2, 0) is 4.79 Å². The van der Waals surface area contributed by atoms with Gasteiger partial charge >= 0.3 is 5.97 Å². The van der Waals surface area contributed by atoms with Gasteiger partial charge < -0.3 is 5.11 Å². The van der Waals surface area contributed by atoms with Crippen LogP contribution in [0.1, 0.15) is 26.3 Å². The molecule has 0 spiro atoms. The summed E-state index contributed by atoms with van der Waals surface area (Å²) in [6, 6.07) is 6.44. The van der Waals surface area contributed by atoms with Crippen molar-refractivity contribution in [1.82, 2.24) is 3.96 Å². The Bertz CT molecular complexity index is 628. The summed E-state index contributed by atoms with van der Waals surface area (Å²) in [4.78, 5) is 23.6. The van der Waals surface area contributed by atoms with Crippen molar-refractivity contribution in [3.63, 3.8) is 0 Å². The largest absolute Gasteiger partial charge is 0.480 e. The predicted molar refractivity (Wildman–Crippen MR) is 72.2 cm³/mol. The molecule has 1 N–H and O–H groups in total. The third-order valence-electron chi connectivity index (χ3n) is 3.20. The average molecular weight is 265 g/mol. The van der Waals surface area contributed by atoms with Crippen LogP contribution in [0.25, 0.3) is 10.1 Å². The summed E-state index contributed by atoms with van der Waals surface area (Å²) in [5, 5.41) is 9.92. The van der Waals surface area contributed by atoms with Gasteiger partial charge in [-0.1, -0.05) is 43.9 Å². The van der Waals surface area contributed by atoms with Crippen molar-refractivity contribution in [3.8, 4) is 0 Å². The van der Waals surface area contributed by atoms with Crippen molar-refractivity contribution in [2.75, 3.05) is 0 Å². The summed E-state index contributed by atoms with van der Waals surface area (Å²) in [5.74, 6) is -1.02. The Morgan fingerprint density at radius 1 is 1.44 bits per heavy atom. The smallest absolute Gasteiger partial charge is 0.328 e. The van der Waals surface area contributed by atoms with Gasteiger partial charge in [-0.2, -0.15) is 0 Å². The lowest BCUT2D eigenvalue weighted by atomic mass is 10.00. The highest BCUT2D eigenvalue weighted by molar-refractivity contribution is 7.14. The molecule has 0 unspecified atom stereocenters. The molecule has 2 aromatic rings. The maximum Gasteiger partial charge on any atom is 0.328 e. The molecule has 96 valence electrons. The third-order valence-corrected chi connectivity index (χ3v) is 4.35. The summed E-state index contributed by atoms with van der Waals surface area (Å²) in [6.07, 6.45) is 0.720. The maximum absolute atomic E-state index is 12.2. The molecule has 2 atom stereocenters. The van der Waals surface area contributed by atoms with Crippen molar-refractivity contribution < 1.29 is 9.90 Å². The Morgan fingerprint density at radius 3 is 2.67 bits per heavy atom. The van der Waals surface area contributed by atoms with Crippen LogP contribution in [0.4, 0.5) is 0 Å². The van der Waals surface area contributed by atoms with Gasteiger partial charge in [0.25, 0.3) is 5.56 Å². The van der Waals surface area contributed by atoms with Gasteiger partial charge in [0.05, 0.1) is 10.1 Å². The van der Waals surface area contributed by atoms with E-state index in [0.717, 1.165) is 11.1 Å². The number of fused-ring (bicyclic) bond motifs is 1. The molecule has 0 radical (unpaired) electrons. The van der Waals surface area contributed by atoms with Gasteiger partial charge in [-0.15, -0.1) is 0 Å². The number of hydrogen-bond acceptors (Lipinski definition) is 3. The molecule has 2 rings (SSSR count). The molecule has 5 heteroatoms. The van der Waals surface area contributed by atoms with Crippen LogP contribution >= 0.6 is 11.5 Å². The van der Waals surface area contributed by atoms with E-state index in [9.17, 15) is 14.7 Å². The van der Waals surface area contributed by atoms with Crippen LogP contribution < -0.4 is 5.56 Å². The quantitative estimate of drug-likeness (QED) is 0.924. The molecule has 0 aliphatic carbocycles. The standard InChI is InChI=1S/C13H15NO3S/c1-3-8(2)11(13(16)17)14-12(15)9-6-4-5-7-10(9)18-14/h4-8,11H,3H2,1-2H3,(H,16,17)/t8-,11+/m0/s1. The molecule has 0 amide bonds. The van der Waals surface area contributed by atoms with E-state index in [4.69, 9.17) is 0 Å². The predicted octanol–water partition coefficient (Wildman–Crippen LogP) is 2.73. The van der Waals surface area contributed by atoms with Gasteiger partial charge in [-0.3, -0.25) is 4.79 Å². The minimum Gasteiger partial charge on any atom is -0.480 e. The molecule has 0 saturated heterocycles. The number of carboxylic acid groups (broad SMARTS) is 1. The number of carbonyl (C=O) groups is 1. The fourth-order valence-corrected chi connectivity index (χ4v) is 3.17. The first-order valence-electron chi connectivity index (χ1n) is 5.89. The number of nitrogens with zero attached hydrogens (tertiary/aromatic N) is 1. The fraction of sp³-hybridized carbons (Fsp3) is 0.385. The van der Waals surface area contributed by atoms with Crippen LogP contribution in [0.5, 0.6) is 0 Å². The van der Waals surface area contributed by atoms with Gasteiger partial charge in [-0.05, 0) is 18.1 Å². The van der Waals surface area contributed by atoms with E-state index in [1.807, 2.05) is 26.0 Å². The van der Waals surface area contributed by atoms with Crippen LogP contribution in [0, 0.1) is 5.92 Å². The number of aliphatic carboxylic acids is 1. The molecule has 0 aliphatic heterocycles. The molecule has 1 aromatic carbocycles. The molecule has 1 heterocycles. The topological polar surface area (TPSA) is 59.3 Å². The van der Waals surface area contributed by atoms with E-state index < -0.39 is 12.0 Å². The zero-order chi connectivity index (χ0) is 13.3. The lowest BCUT2D eigenvalue weighted by molar-refractivity contribution is -0.142. The SMILES string of the molecule is CC[C@H](C)[C@H](C(=O)O)n1sc2ccccc2c1=O. The van der Waals surface area contributed by atoms with Crippen LogP contribution in [0.15, 0.2) is 29.1 Å². The van der Waals surface area contributed by atoms with Gasteiger partial charge in [-0.25, -0.2) is 8.75 Å². The molecule has 1 aromatic heterocycles. The Morgan fingerprint density at radius 2 is 2.11 bits per heavy atom. The molecule has 4 nitrogen and oxygen atoms in total. The van der Waals surface area contributed by atoms with E-state index in [-0.39, 0.29) is 11.5 Å². The highest BCUT2D eigenvalue weighted by Crippen LogP contribution is 2.26. The first kappa shape index (κ1) is 12.8. The van der Waals surface area contributed by atoms with E-state index >= 15 is 0 Å². The molecule has 0 bridgehead atoms. The zero-order valence-corrected chi connectivity index (χ0v) is 11.1. The molecular weight excluding hydrogens is 250 g/mol. The first-order valence-corrected chi connectivity index (χ1v) is 6.67. The average Bonchev–Trinajstić information content (AvgIpc) is 2.67. The number of aromatic nitrogens is 1. The second kappa shape index (κ2) is 4.94. The lowest BCUT2D eigenvalue weighted by Gasteiger charge is -2.18. The van der Waals surface area contributed by atoms with Crippen LogP contribution in [-0.4, -0.2) is 15.0 Å². The minimum absolute atomic E-state index is 0.0757. The molecule has 18 heavy (non-hydrogen) atoms. The number of carboxylic acids is 1. The highest BCUT2D eigenvalue weighted by Gasteiger charge is 2.28. The Hall–Kier alpha value is -1.62. The van der Waals surface area contributed by atoms with Crippen molar-refractivity contribution in [3.05, 3.63) is 34.6 Å². The summed E-state index contributed by atoms with van der Waals surface area (Å²) < 4.78 is 2.22. The zero-order valence-electron chi connectivity index (χ0n) is 10.3. The normalized spacial score (nSPS) is 14.6. The lowest BCUT2D eigenvalue weighted by Crippen LogP contribution is -2.30. The second-order valence-electron chi connectivity index (χ2n) is 4.39. The Balaban J connectivity index is 2.61. The molecule has 0 saturated carbocycles. The summed E-state index contributed by atoms with van der Waals surface area (Å²) in [6.45, 7) is 3.79. The van der Waals surface area contributed by atoms with Crippen molar-refractivity contribution in [2.24, 2.45) is 5.92 Å². The summed E-state index contributed by atoms with van der Waals surface area (Å²) in [5.41, 5.74) is -0.205.